The quantitative estimate of drug-likeness (QED) is 0.462. The molecule has 8 nitrogen and oxygen atoms in total. The van der Waals surface area contributed by atoms with Crippen LogP contribution in [0.15, 0.2) is 34.3 Å². The van der Waals surface area contributed by atoms with Crippen molar-refractivity contribution < 1.29 is 33.7 Å². The van der Waals surface area contributed by atoms with Crippen molar-refractivity contribution in [3.63, 3.8) is 0 Å². The molecule has 196 valence electrons. The third kappa shape index (κ3) is 3.47. The monoisotopic (exact) mass is 499 g/mol. The summed E-state index contributed by atoms with van der Waals surface area (Å²) in [5, 5.41) is 11.5. The summed E-state index contributed by atoms with van der Waals surface area (Å²) >= 11 is 0. The summed E-state index contributed by atoms with van der Waals surface area (Å²) in [5.74, 6) is -1.62. The third-order valence-electron chi connectivity index (χ3n) is 9.63. The number of aliphatic hydroxyl groups is 1. The van der Waals surface area contributed by atoms with Gasteiger partial charge in [-0.25, -0.2) is 4.79 Å². The average molecular weight is 500 g/mol. The molecule has 0 aromatic heterocycles. The van der Waals surface area contributed by atoms with Crippen LogP contribution in [0.2, 0.25) is 0 Å². The number of Topliss-reactive ketones (excluding diaryl/α,β-unsaturated/α-hetero) is 1. The van der Waals surface area contributed by atoms with Gasteiger partial charge in [-0.2, -0.15) is 0 Å². The molecule has 0 bridgehead atoms. The Morgan fingerprint density at radius 3 is 2.56 bits per heavy atom. The van der Waals surface area contributed by atoms with Crippen molar-refractivity contribution in [2.75, 3.05) is 26.8 Å². The van der Waals surface area contributed by atoms with Crippen LogP contribution in [0.25, 0.3) is 0 Å². The second-order valence-electron chi connectivity index (χ2n) is 11.6. The zero-order chi connectivity index (χ0) is 26.0. The van der Waals surface area contributed by atoms with Crippen LogP contribution in [0.1, 0.15) is 59.8 Å². The molecule has 2 saturated heterocycles. The number of ketones is 1. The highest BCUT2D eigenvalue weighted by molar-refractivity contribution is 6.13. The number of carbonyl (C=O) groups is 3. The third-order valence-corrected chi connectivity index (χ3v) is 9.63. The predicted octanol–water partition coefficient (Wildman–Crippen LogP) is 3.62. The topological polar surface area (TPSA) is 102 Å². The molecule has 1 N–H and O–H groups in total. The molecule has 0 aromatic rings. The smallest absolute Gasteiger partial charge is 0.340 e. The second-order valence-corrected chi connectivity index (χ2v) is 11.6. The SMILES string of the molecule is COC[C@H]1OC(=O)/C(=C/N2CCCC2)C2=C(O)C(=O)C3=C([C@H](OC(C)=O)C[C@]4(C)C(C)CC[C@@H]34)[C@]21C. The Hall–Kier alpha value is -2.61. The standard InChI is InChI=1S/C28H37NO7/c1-15-8-9-18-21-23(19(35-16(2)30)12-27(15,18)3)28(4)20(14-34-5)36-26(33)17(13-29-10-6-7-11-29)22(28)25(32)24(21)31/h13,15,18-20,32H,6-12,14H2,1-5H3/b17-13+/t15?,18-,19+,20+,27+,28-/m0/s1. The number of carbonyl (C=O) groups excluding carboxylic acids is 3. The Kier molecular flexibility index (Phi) is 6.09. The number of hydrogen-bond donors (Lipinski definition) is 1. The van der Waals surface area contributed by atoms with E-state index in [1.165, 1.54) is 14.0 Å². The molecule has 0 aromatic carbocycles. The van der Waals surface area contributed by atoms with Crippen LogP contribution in [-0.4, -0.2) is 66.7 Å². The van der Waals surface area contributed by atoms with Gasteiger partial charge in [-0.05, 0) is 61.9 Å². The lowest BCUT2D eigenvalue weighted by Gasteiger charge is -2.54. The van der Waals surface area contributed by atoms with Crippen molar-refractivity contribution in [2.45, 2.75) is 72.0 Å². The number of likely N-dealkylation sites (tertiary alicyclic amines) is 1. The first-order valence-corrected chi connectivity index (χ1v) is 13.1. The number of allylic oxidation sites excluding steroid dienone is 1. The molecule has 2 heterocycles. The number of fused-ring (bicyclic) bond motifs is 4. The van der Waals surface area contributed by atoms with Gasteiger partial charge in [0.05, 0.1) is 17.6 Å². The number of aliphatic hydroxyl groups excluding tert-OH is 1. The van der Waals surface area contributed by atoms with Crippen LogP contribution in [0.5, 0.6) is 0 Å². The van der Waals surface area contributed by atoms with E-state index in [9.17, 15) is 19.5 Å². The van der Waals surface area contributed by atoms with Gasteiger partial charge < -0.3 is 24.2 Å². The summed E-state index contributed by atoms with van der Waals surface area (Å²) in [6, 6.07) is 0. The maximum atomic E-state index is 14.0. The first-order valence-electron chi connectivity index (χ1n) is 13.1. The lowest BCUT2D eigenvalue weighted by Crippen LogP contribution is -2.56. The summed E-state index contributed by atoms with van der Waals surface area (Å²) in [6.07, 6.45) is 4.63. The van der Waals surface area contributed by atoms with Crippen molar-refractivity contribution in [3.05, 3.63) is 34.3 Å². The van der Waals surface area contributed by atoms with Crippen molar-refractivity contribution >= 4 is 17.7 Å². The van der Waals surface area contributed by atoms with Crippen molar-refractivity contribution in [1.29, 1.82) is 0 Å². The summed E-state index contributed by atoms with van der Waals surface area (Å²) in [5.41, 5.74) is 0.313. The molecular weight excluding hydrogens is 462 g/mol. The lowest BCUT2D eigenvalue weighted by molar-refractivity contribution is -0.160. The van der Waals surface area contributed by atoms with Crippen LogP contribution >= 0.6 is 0 Å². The van der Waals surface area contributed by atoms with E-state index in [4.69, 9.17) is 14.2 Å². The molecule has 1 saturated carbocycles. The molecule has 3 aliphatic carbocycles. The first-order chi connectivity index (χ1) is 17.0. The summed E-state index contributed by atoms with van der Waals surface area (Å²) < 4.78 is 17.4. The number of hydrogen-bond acceptors (Lipinski definition) is 8. The molecular formula is C28H37NO7. The molecule has 6 atom stereocenters. The van der Waals surface area contributed by atoms with Crippen LogP contribution in [0, 0.1) is 22.7 Å². The van der Waals surface area contributed by atoms with Crippen LogP contribution in [-0.2, 0) is 28.6 Å². The highest BCUT2D eigenvalue weighted by Gasteiger charge is 2.64. The average Bonchev–Trinajstić information content (AvgIpc) is 3.42. The van der Waals surface area contributed by atoms with E-state index in [0.29, 0.717) is 23.5 Å². The predicted molar refractivity (Wildman–Crippen MR) is 131 cm³/mol. The molecule has 5 rings (SSSR count). The number of ether oxygens (including phenoxy) is 3. The maximum absolute atomic E-state index is 14.0. The Labute approximate surface area is 212 Å². The Morgan fingerprint density at radius 2 is 1.92 bits per heavy atom. The summed E-state index contributed by atoms with van der Waals surface area (Å²) in [7, 11) is 1.53. The van der Waals surface area contributed by atoms with Crippen molar-refractivity contribution in [2.24, 2.45) is 22.7 Å². The Bertz CT molecular complexity index is 1100. The van der Waals surface area contributed by atoms with E-state index in [-0.39, 0.29) is 29.1 Å². The maximum Gasteiger partial charge on any atom is 0.340 e. The summed E-state index contributed by atoms with van der Waals surface area (Å²) in [4.78, 5) is 41.6. The zero-order valence-corrected chi connectivity index (χ0v) is 21.9. The largest absolute Gasteiger partial charge is 0.504 e. The number of cyclic esters (lactones) is 1. The molecule has 3 fully saturated rings. The molecule has 2 aliphatic heterocycles. The van der Waals surface area contributed by atoms with E-state index in [2.05, 4.69) is 13.8 Å². The van der Waals surface area contributed by atoms with Crippen molar-refractivity contribution in [1.82, 2.24) is 4.90 Å². The highest BCUT2D eigenvalue weighted by Crippen LogP contribution is 2.64. The van der Waals surface area contributed by atoms with Crippen molar-refractivity contribution in [3.8, 4) is 0 Å². The van der Waals surface area contributed by atoms with Crippen LogP contribution < -0.4 is 0 Å². The van der Waals surface area contributed by atoms with Gasteiger partial charge in [0.25, 0.3) is 0 Å². The Balaban J connectivity index is 1.76. The second kappa shape index (κ2) is 8.75. The number of methoxy groups -OCH3 is 1. The normalized spacial score (nSPS) is 39.2. The number of rotatable bonds is 4. The molecule has 0 radical (unpaired) electrons. The van der Waals surface area contributed by atoms with E-state index in [1.54, 1.807) is 6.20 Å². The van der Waals surface area contributed by atoms with Gasteiger partial charge in [-0.3, -0.25) is 9.59 Å². The molecule has 36 heavy (non-hydrogen) atoms. The highest BCUT2D eigenvalue weighted by atomic mass is 16.6. The first kappa shape index (κ1) is 25.1. The van der Waals surface area contributed by atoms with E-state index < -0.39 is 41.1 Å². The van der Waals surface area contributed by atoms with E-state index in [1.807, 2.05) is 11.8 Å². The molecule has 8 heteroatoms. The molecule has 0 spiro atoms. The fraction of sp³-hybridized carbons (Fsp3) is 0.679. The van der Waals surface area contributed by atoms with Gasteiger partial charge in [0, 0.05) is 44.5 Å². The minimum Gasteiger partial charge on any atom is -0.504 e. The van der Waals surface area contributed by atoms with Gasteiger partial charge in [-0.1, -0.05) is 13.8 Å². The molecule has 1 unspecified atom stereocenters. The fourth-order valence-corrected chi connectivity index (χ4v) is 7.59. The van der Waals surface area contributed by atoms with Gasteiger partial charge in [0.2, 0.25) is 5.78 Å². The number of esters is 2. The fourth-order valence-electron chi connectivity index (χ4n) is 7.59. The van der Waals surface area contributed by atoms with Gasteiger partial charge >= 0.3 is 11.9 Å². The number of nitrogens with zero attached hydrogens (tertiary/aromatic N) is 1. The van der Waals surface area contributed by atoms with Crippen LogP contribution in [0.3, 0.4) is 0 Å². The lowest BCUT2D eigenvalue weighted by atomic mass is 9.52. The molecule has 5 aliphatic rings. The van der Waals surface area contributed by atoms with E-state index >= 15 is 0 Å². The summed E-state index contributed by atoms with van der Waals surface area (Å²) in [6.45, 7) is 9.27. The zero-order valence-electron chi connectivity index (χ0n) is 21.9. The van der Waals surface area contributed by atoms with Gasteiger partial charge in [0.15, 0.2) is 5.76 Å². The minimum absolute atomic E-state index is 0.0748. The van der Waals surface area contributed by atoms with Crippen LogP contribution in [0.4, 0.5) is 0 Å². The molecule has 0 amide bonds. The van der Waals surface area contributed by atoms with E-state index in [0.717, 1.165) is 38.8 Å². The minimum atomic E-state index is -1.09. The Morgan fingerprint density at radius 1 is 1.22 bits per heavy atom. The van der Waals surface area contributed by atoms with Gasteiger partial charge in [-0.15, -0.1) is 0 Å². The van der Waals surface area contributed by atoms with Gasteiger partial charge in [0.1, 0.15) is 12.2 Å².